The zero-order valence-electron chi connectivity index (χ0n) is 15.6. The fourth-order valence-electron chi connectivity index (χ4n) is 2.78. The van der Waals surface area contributed by atoms with E-state index in [0.29, 0.717) is 17.2 Å². The molecule has 0 unspecified atom stereocenters. The number of hydrogen-bond acceptors (Lipinski definition) is 4. The number of aromatic nitrogens is 1. The lowest BCUT2D eigenvalue weighted by Gasteiger charge is -2.21. The Morgan fingerprint density at radius 2 is 1.78 bits per heavy atom. The van der Waals surface area contributed by atoms with E-state index in [1.165, 1.54) is 0 Å². The van der Waals surface area contributed by atoms with E-state index in [9.17, 15) is 4.79 Å². The fourth-order valence-corrected chi connectivity index (χ4v) is 2.78. The van der Waals surface area contributed by atoms with E-state index in [1.54, 1.807) is 36.5 Å². The molecule has 138 valence electrons. The molecule has 1 amide bonds. The highest BCUT2D eigenvalue weighted by atomic mass is 16.5. The molecule has 0 bridgehead atoms. The van der Waals surface area contributed by atoms with Gasteiger partial charge < -0.3 is 15.0 Å². The zero-order chi connectivity index (χ0) is 19.1. The van der Waals surface area contributed by atoms with Crippen LogP contribution in [0.4, 0.5) is 11.4 Å². The number of nitrogens with one attached hydrogen (secondary N) is 1. The predicted octanol–water partition coefficient (Wildman–Crippen LogP) is 4.97. The van der Waals surface area contributed by atoms with Crippen molar-refractivity contribution < 1.29 is 9.53 Å². The van der Waals surface area contributed by atoms with Gasteiger partial charge in [-0.3, -0.25) is 4.79 Å². The lowest BCUT2D eigenvalue weighted by Crippen LogP contribution is -2.21. The Labute approximate surface area is 159 Å². The molecule has 0 aliphatic rings. The summed E-state index contributed by atoms with van der Waals surface area (Å²) in [5.74, 6) is 0.873. The van der Waals surface area contributed by atoms with E-state index < -0.39 is 0 Å². The summed E-state index contributed by atoms with van der Waals surface area (Å²) in [6.45, 7) is 6.15. The standard InChI is InChI=1S/C22H23N3O2/c1-3-25(4-2)19-13-11-18(12-14-19)24-22(26)17-8-7-9-20(16-17)27-21-10-5-6-15-23-21/h5-16H,3-4H2,1-2H3,(H,24,26). The van der Waals surface area contributed by atoms with Crippen molar-refractivity contribution in [3.63, 3.8) is 0 Å². The Morgan fingerprint density at radius 1 is 1.00 bits per heavy atom. The molecule has 0 fully saturated rings. The maximum atomic E-state index is 12.6. The van der Waals surface area contributed by atoms with Crippen LogP contribution in [-0.2, 0) is 0 Å². The second kappa shape index (κ2) is 8.85. The largest absolute Gasteiger partial charge is 0.439 e. The molecule has 0 saturated heterocycles. The number of pyridine rings is 1. The van der Waals surface area contributed by atoms with E-state index in [1.807, 2.05) is 36.4 Å². The Morgan fingerprint density at radius 3 is 2.44 bits per heavy atom. The van der Waals surface area contributed by atoms with Crippen LogP contribution >= 0.6 is 0 Å². The Kier molecular flexibility index (Phi) is 6.05. The topological polar surface area (TPSA) is 54.5 Å². The van der Waals surface area contributed by atoms with Crippen LogP contribution in [0.25, 0.3) is 0 Å². The number of nitrogens with zero attached hydrogens (tertiary/aromatic N) is 2. The van der Waals surface area contributed by atoms with Gasteiger partial charge in [0.15, 0.2) is 0 Å². The molecular weight excluding hydrogens is 338 g/mol. The van der Waals surface area contributed by atoms with E-state index in [-0.39, 0.29) is 5.91 Å². The van der Waals surface area contributed by atoms with Crippen LogP contribution in [0.3, 0.4) is 0 Å². The van der Waals surface area contributed by atoms with Gasteiger partial charge in [-0.05, 0) is 62.4 Å². The first-order chi connectivity index (χ1) is 13.2. The Hall–Kier alpha value is -3.34. The van der Waals surface area contributed by atoms with E-state index in [0.717, 1.165) is 24.5 Å². The van der Waals surface area contributed by atoms with Crippen LogP contribution in [0.5, 0.6) is 11.6 Å². The first-order valence-electron chi connectivity index (χ1n) is 9.05. The van der Waals surface area contributed by atoms with Gasteiger partial charge in [0, 0.05) is 42.3 Å². The normalized spacial score (nSPS) is 10.3. The van der Waals surface area contributed by atoms with Gasteiger partial charge in [-0.2, -0.15) is 0 Å². The highest BCUT2D eigenvalue weighted by Crippen LogP contribution is 2.22. The second-order valence-electron chi connectivity index (χ2n) is 5.97. The Bertz CT molecular complexity index is 876. The second-order valence-corrected chi connectivity index (χ2v) is 5.97. The van der Waals surface area contributed by atoms with Crippen molar-refractivity contribution in [2.24, 2.45) is 0 Å². The molecule has 0 aliphatic heterocycles. The van der Waals surface area contributed by atoms with Gasteiger partial charge in [-0.15, -0.1) is 0 Å². The molecule has 1 aromatic heterocycles. The molecule has 27 heavy (non-hydrogen) atoms. The van der Waals surface area contributed by atoms with Crippen LogP contribution in [0.2, 0.25) is 0 Å². The lowest BCUT2D eigenvalue weighted by molar-refractivity contribution is 0.102. The predicted molar refractivity (Wildman–Crippen MR) is 109 cm³/mol. The molecule has 0 spiro atoms. The molecule has 3 aromatic rings. The molecule has 0 atom stereocenters. The smallest absolute Gasteiger partial charge is 0.255 e. The average Bonchev–Trinajstić information content (AvgIpc) is 2.71. The maximum Gasteiger partial charge on any atom is 0.255 e. The molecule has 5 heteroatoms. The van der Waals surface area contributed by atoms with Crippen molar-refractivity contribution in [3.8, 4) is 11.6 Å². The van der Waals surface area contributed by atoms with Crippen LogP contribution in [0.1, 0.15) is 24.2 Å². The number of amides is 1. The summed E-state index contributed by atoms with van der Waals surface area (Å²) >= 11 is 0. The summed E-state index contributed by atoms with van der Waals surface area (Å²) in [5.41, 5.74) is 2.42. The van der Waals surface area contributed by atoms with Gasteiger partial charge in [-0.1, -0.05) is 12.1 Å². The van der Waals surface area contributed by atoms with Gasteiger partial charge >= 0.3 is 0 Å². The highest BCUT2D eigenvalue weighted by molar-refractivity contribution is 6.04. The van der Waals surface area contributed by atoms with Crippen molar-refractivity contribution in [1.29, 1.82) is 0 Å². The molecule has 5 nitrogen and oxygen atoms in total. The molecule has 3 rings (SSSR count). The summed E-state index contributed by atoms with van der Waals surface area (Å²) in [6.07, 6.45) is 1.66. The third kappa shape index (κ3) is 4.85. The summed E-state index contributed by atoms with van der Waals surface area (Å²) < 4.78 is 5.69. The van der Waals surface area contributed by atoms with E-state index in [2.05, 4.69) is 29.0 Å². The van der Waals surface area contributed by atoms with Crippen LogP contribution < -0.4 is 15.0 Å². The molecule has 0 radical (unpaired) electrons. The van der Waals surface area contributed by atoms with Gasteiger partial charge in [0.25, 0.3) is 5.91 Å². The van der Waals surface area contributed by atoms with Crippen molar-refractivity contribution in [1.82, 2.24) is 4.98 Å². The SMILES string of the molecule is CCN(CC)c1ccc(NC(=O)c2cccc(Oc3ccccn3)c2)cc1. The molecular formula is C22H23N3O2. The van der Waals surface area contributed by atoms with Gasteiger partial charge in [0.2, 0.25) is 5.88 Å². The molecule has 0 aliphatic carbocycles. The molecule has 1 N–H and O–H groups in total. The summed E-state index contributed by atoms with van der Waals surface area (Å²) in [6, 6.07) is 20.3. The van der Waals surface area contributed by atoms with Crippen molar-refractivity contribution in [2.75, 3.05) is 23.3 Å². The number of benzene rings is 2. The summed E-state index contributed by atoms with van der Waals surface area (Å²) in [4.78, 5) is 18.9. The van der Waals surface area contributed by atoms with E-state index in [4.69, 9.17) is 4.74 Å². The number of hydrogen-bond donors (Lipinski definition) is 1. The maximum absolute atomic E-state index is 12.6. The fraction of sp³-hybridized carbons (Fsp3) is 0.182. The number of rotatable bonds is 7. The van der Waals surface area contributed by atoms with Crippen LogP contribution in [0.15, 0.2) is 72.9 Å². The quantitative estimate of drug-likeness (QED) is 0.645. The van der Waals surface area contributed by atoms with Crippen LogP contribution in [0, 0.1) is 0 Å². The minimum Gasteiger partial charge on any atom is -0.439 e. The highest BCUT2D eigenvalue weighted by Gasteiger charge is 2.09. The average molecular weight is 361 g/mol. The monoisotopic (exact) mass is 361 g/mol. The van der Waals surface area contributed by atoms with Gasteiger partial charge in [0.1, 0.15) is 5.75 Å². The Balaban J connectivity index is 1.68. The lowest BCUT2D eigenvalue weighted by atomic mass is 10.2. The molecule has 1 heterocycles. The number of carbonyl (C=O) groups is 1. The van der Waals surface area contributed by atoms with Crippen molar-refractivity contribution in [2.45, 2.75) is 13.8 Å². The number of ether oxygens (including phenoxy) is 1. The van der Waals surface area contributed by atoms with Crippen LogP contribution in [-0.4, -0.2) is 24.0 Å². The van der Waals surface area contributed by atoms with Crippen molar-refractivity contribution >= 4 is 17.3 Å². The molecule has 0 saturated carbocycles. The summed E-state index contributed by atoms with van der Waals surface area (Å²) in [7, 11) is 0. The first-order valence-corrected chi connectivity index (χ1v) is 9.05. The first kappa shape index (κ1) is 18.5. The van der Waals surface area contributed by atoms with Gasteiger partial charge in [0.05, 0.1) is 0 Å². The number of carbonyl (C=O) groups excluding carboxylic acids is 1. The van der Waals surface area contributed by atoms with Gasteiger partial charge in [-0.25, -0.2) is 4.98 Å². The minimum atomic E-state index is -0.183. The van der Waals surface area contributed by atoms with Crippen molar-refractivity contribution in [3.05, 3.63) is 78.5 Å². The van der Waals surface area contributed by atoms with E-state index >= 15 is 0 Å². The third-order valence-electron chi connectivity index (χ3n) is 4.21. The third-order valence-corrected chi connectivity index (χ3v) is 4.21. The summed E-state index contributed by atoms with van der Waals surface area (Å²) in [5, 5.41) is 2.92. The molecule has 2 aromatic carbocycles. The zero-order valence-corrected chi connectivity index (χ0v) is 15.6. The number of anilines is 2. The minimum absolute atomic E-state index is 0.183.